The average molecular weight is 439 g/mol. The monoisotopic (exact) mass is 438 g/mol. The molecule has 1 heterocycles. The van der Waals surface area contributed by atoms with Crippen molar-refractivity contribution in [1.82, 2.24) is 5.16 Å². The van der Waals surface area contributed by atoms with Crippen molar-refractivity contribution < 1.29 is 17.3 Å². The normalized spacial score (nSPS) is 11.6. The van der Waals surface area contributed by atoms with Crippen molar-refractivity contribution in [3.63, 3.8) is 0 Å². The predicted molar refractivity (Wildman–Crippen MR) is 101 cm³/mol. The summed E-state index contributed by atoms with van der Waals surface area (Å²) in [6, 6.07) is 9.18. The van der Waals surface area contributed by atoms with Crippen LogP contribution in [0.4, 0.5) is 10.1 Å². The van der Waals surface area contributed by atoms with Crippen molar-refractivity contribution in [2.75, 3.05) is 4.72 Å². The summed E-state index contributed by atoms with van der Waals surface area (Å²) in [4.78, 5) is 0.0670. The Morgan fingerprint density at radius 1 is 1.12 bits per heavy atom. The van der Waals surface area contributed by atoms with Crippen LogP contribution in [0.15, 0.2) is 50.3 Å². The van der Waals surface area contributed by atoms with Gasteiger partial charge in [-0.2, -0.15) is 0 Å². The van der Waals surface area contributed by atoms with Crippen LogP contribution in [0.2, 0.25) is 0 Å². The SMILES string of the molecule is Cc1ccc(-c2c(C)noc2C)cc1S(=O)(=O)Nc1ccc(Br)cc1F. The second kappa shape index (κ2) is 6.85. The molecule has 0 bridgehead atoms. The molecule has 0 spiro atoms. The molecule has 0 saturated carbocycles. The molecule has 0 aliphatic carbocycles. The maximum Gasteiger partial charge on any atom is 0.262 e. The van der Waals surface area contributed by atoms with Crippen molar-refractivity contribution >= 4 is 31.6 Å². The molecule has 136 valence electrons. The van der Waals surface area contributed by atoms with Crippen LogP contribution in [0.1, 0.15) is 17.0 Å². The van der Waals surface area contributed by atoms with Crippen molar-refractivity contribution in [2.45, 2.75) is 25.7 Å². The minimum absolute atomic E-state index is 0.0670. The molecule has 0 atom stereocenters. The maximum atomic E-state index is 14.0. The van der Waals surface area contributed by atoms with E-state index < -0.39 is 15.8 Å². The van der Waals surface area contributed by atoms with E-state index in [-0.39, 0.29) is 10.6 Å². The van der Waals surface area contributed by atoms with Crippen molar-refractivity contribution in [2.24, 2.45) is 0 Å². The first-order valence-corrected chi connectivity index (χ1v) is 9.98. The van der Waals surface area contributed by atoms with Crippen LogP contribution in [-0.2, 0) is 10.0 Å². The Morgan fingerprint density at radius 3 is 2.46 bits per heavy atom. The molecule has 0 fully saturated rings. The summed E-state index contributed by atoms with van der Waals surface area (Å²) in [7, 11) is -3.97. The summed E-state index contributed by atoms with van der Waals surface area (Å²) in [5.41, 5.74) is 2.52. The van der Waals surface area contributed by atoms with Gasteiger partial charge in [-0.15, -0.1) is 0 Å². The smallest absolute Gasteiger partial charge is 0.262 e. The zero-order valence-corrected chi connectivity index (χ0v) is 16.7. The third-order valence-electron chi connectivity index (χ3n) is 3.98. The van der Waals surface area contributed by atoms with Crippen LogP contribution >= 0.6 is 15.9 Å². The number of rotatable bonds is 4. The fraction of sp³-hybridized carbons (Fsp3) is 0.167. The molecule has 1 N–H and O–H groups in total. The average Bonchev–Trinajstić information content (AvgIpc) is 2.89. The molecule has 0 aliphatic rings. The Hall–Kier alpha value is -2.19. The number of aromatic nitrogens is 1. The molecule has 5 nitrogen and oxygen atoms in total. The highest BCUT2D eigenvalue weighted by atomic mass is 79.9. The lowest BCUT2D eigenvalue weighted by atomic mass is 10.0. The molecular formula is C18H16BrFN2O3S. The number of hydrogen-bond acceptors (Lipinski definition) is 4. The third kappa shape index (κ3) is 3.52. The molecule has 0 aliphatic heterocycles. The van der Waals surface area contributed by atoms with Gasteiger partial charge in [0, 0.05) is 10.0 Å². The lowest BCUT2D eigenvalue weighted by molar-refractivity contribution is 0.393. The minimum atomic E-state index is -3.97. The number of anilines is 1. The van der Waals surface area contributed by atoms with Gasteiger partial charge in [-0.3, -0.25) is 4.72 Å². The number of sulfonamides is 1. The standard InChI is InChI=1S/C18H16BrFN2O3S/c1-10-4-5-13(18-11(2)21-25-12(18)3)8-17(10)26(23,24)22-16-7-6-14(19)9-15(16)20/h4-9,22H,1-3H3. The van der Waals surface area contributed by atoms with Gasteiger partial charge in [0.2, 0.25) is 0 Å². The van der Waals surface area contributed by atoms with Crippen molar-refractivity contribution in [3.8, 4) is 11.1 Å². The van der Waals surface area contributed by atoms with Crippen molar-refractivity contribution in [1.29, 1.82) is 0 Å². The van der Waals surface area contributed by atoms with Gasteiger partial charge in [-0.05, 0) is 56.2 Å². The Bertz CT molecular complexity index is 1070. The molecule has 0 unspecified atom stereocenters. The first-order valence-electron chi connectivity index (χ1n) is 7.71. The molecule has 3 rings (SSSR count). The Balaban J connectivity index is 2.06. The lowest BCUT2D eigenvalue weighted by Gasteiger charge is -2.13. The summed E-state index contributed by atoms with van der Waals surface area (Å²) in [6.45, 7) is 5.23. The van der Waals surface area contributed by atoms with Gasteiger partial charge in [0.15, 0.2) is 0 Å². The molecule has 0 saturated heterocycles. The molecule has 0 amide bonds. The van der Waals surface area contributed by atoms with E-state index in [9.17, 15) is 12.8 Å². The van der Waals surface area contributed by atoms with Crippen molar-refractivity contribution in [3.05, 3.63) is 63.7 Å². The molecule has 2 aromatic carbocycles. The van der Waals surface area contributed by atoms with Gasteiger partial charge >= 0.3 is 0 Å². The summed E-state index contributed by atoms with van der Waals surface area (Å²) < 4.78 is 47.7. The van der Waals surface area contributed by atoms with Gasteiger partial charge in [0.25, 0.3) is 10.0 Å². The van der Waals surface area contributed by atoms with Gasteiger partial charge in [-0.1, -0.05) is 33.2 Å². The van der Waals surface area contributed by atoms with Gasteiger partial charge in [0.1, 0.15) is 11.6 Å². The lowest BCUT2D eigenvalue weighted by Crippen LogP contribution is -2.15. The van der Waals surface area contributed by atoms with Crippen LogP contribution in [0.25, 0.3) is 11.1 Å². The highest BCUT2D eigenvalue weighted by molar-refractivity contribution is 9.10. The summed E-state index contributed by atoms with van der Waals surface area (Å²) >= 11 is 3.15. The summed E-state index contributed by atoms with van der Waals surface area (Å²) in [6.07, 6.45) is 0. The molecular weight excluding hydrogens is 423 g/mol. The second-order valence-corrected chi connectivity index (χ2v) is 8.48. The largest absolute Gasteiger partial charge is 0.361 e. The highest BCUT2D eigenvalue weighted by Gasteiger charge is 2.21. The first kappa shape index (κ1) is 18.6. The van der Waals surface area contributed by atoms with Crippen LogP contribution < -0.4 is 4.72 Å². The first-order chi connectivity index (χ1) is 12.2. The number of nitrogens with zero attached hydrogens (tertiary/aromatic N) is 1. The second-order valence-electron chi connectivity index (χ2n) is 5.91. The number of nitrogens with one attached hydrogen (secondary N) is 1. The number of benzene rings is 2. The predicted octanol–water partition coefficient (Wildman–Crippen LogP) is 4.97. The number of aryl methyl sites for hydroxylation is 3. The van der Waals surface area contributed by atoms with Crippen LogP contribution in [0, 0.1) is 26.6 Å². The highest BCUT2D eigenvalue weighted by Crippen LogP contribution is 2.31. The molecule has 1 aromatic heterocycles. The molecule has 26 heavy (non-hydrogen) atoms. The van der Waals surface area contributed by atoms with Crippen LogP contribution in [0.3, 0.4) is 0 Å². The number of hydrogen-bond donors (Lipinski definition) is 1. The Labute approximate surface area is 159 Å². The quantitative estimate of drug-likeness (QED) is 0.623. The van der Waals surface area contributed by atoms with Gasteiger partial charge < -0.3 is 4.52 Å². The molecule has 0 radical (unpaired) electrons. The number of halogens is 2. The minimum Gasteiger partial charge on any atom is -0.361 e. The van der Waals surface area contributed by atoms with E-state index in [1.807, 2.05) is 0 Å². The summed E-state index contributed by atoms with van der Waals surface area (Å²) in [5.74, 6) is -0.0657. The third-order valence-corrected chi connectivity index (χ3v) is 5.98. The maximum absolute atomic E-state index is 14.0. The van der Waals surface area contributed by atoms with E-state index in [1.165, 1.54) is 12.1 Å². The topological polar surface area (TPSA) is 72.2 Å². The zero-order chi connectivity index (χ0) is 19.1. The van der Waals surface area contributed by atoms with E-state index in [4.69, 9.17) is 4.52 Å². The van der Waals surface area contributed by atoms with Crippen LogP contribution in [0.5, 0.6) is 0 Å². The zero-order valence-electron chi connectivity index (χ0n) is 14.3. The van der Waals surface area contributed by atoms with E-state index in [2.05, 4.69) is 25.8 Å². The van der Waals surface area contributed by atoms with E-state index in [0.29, 0.717) is 27.1 Å². The van der Waals surface area contributed by atoms with E-state index >= 15 is 0 Å². The van der Waals surface area contributed by atoms with Gasteiger partial charge in [-0.25, -0.2) is 12.8 Å². The fourth-order valence-corrected chi connectivity index (χ4v) is 4.38. The van der Waals surface area contributed by atoms with Crippen LogP contribution in [-0.4, -0.2) is 13.6 Å². The Kier molecular flexibility index (Phi) is 4.90. The van der Waals surface area contributed by atoms with E-state index in [0.717, 1.165) is 5.56 Å². The fourth-order valence-electron chi connectivity index (χ4n) is 2.71. The molecule has 8 heteroatoms. The summed E-state index contributed by atoms with van der Waals surface area (Å²) in [5, 5.41) is 3.90. The van der Waals surface area contributed by atoms with Gasteiger partial charge in [0.05, 0.1) is 16.3 Å². The van der Waals surface area contributed by atoms with E-state index in [1.54, 1.807) is 45.0 Å². The molecule has 3 aromatic rings. The Morgan fingerprint density at radius 2 is 1.85 bits per heavy atom.